The molecule has 0 aromatic heterocycles. The second-order valence-corrected chi connectivity index (χ2v) is 18.5. The number of rotatable bonds is 14. The number of anilines is 2. The van der Waals surface area contributed by atoms with Gasteiger partial charge in [0.1, 0.15) is 0 Å². The molecule has 47 heavy (non-hydrogen) atoms. The maximum atomic E-state index is 14.1. The van der Waals surface area contributed by atoms with Crippen LogP contribution in [0.1, 0.15) is 95.1 Å². The summed E-state index contributed by atoms with van der Waals surface area (Å²) >= 11 is 0. The number of aliphatic hydroxyl groups is 1. The Morgan fingerprint density at radius 2 is 1.60 bits per heavy atom. The Hall–Kier alpha value is -1.85. The summed E-state index contributed by atoms with van der Waals surface area (Å²) < 4.78 is 58.8. The molecule has 0 radical (unpaired) electrons. The van der Waals surface area contributed by atoms with Crippen LogP contribution in [0.15, 0.2) is 47.4 Å². The van der Waals surface area contributed by atoms with Crippen LogP contribution < -0.4 is 22.0 Å². The Morgan fingerprint density at radius 1 is 0.957 bits per heavy atom. The summed E-state index contributed by atoms with van der Waals surface area (Å²) in [6.07, 6.45) is 8.14. The van der Waals surface area contributed by atoms with Crippen molar-refractivity contribution in [2.45, 2.75) is 95.0 Å². The molecular weight excluding hydrogens is 654 g/mol. The van der Waals surface area contributed by atoms with Crippen LogP contribution in [0.2, 0.25) is 0 Å². The van der Waals surface area contributed by atoms with Gasteiger partial charge in [-0.3, -0.25) is 4.72 Å². The molecule has 11 heteroatoms. The average Bonchev–Trinajstić information content (AvgIpc) is 3.09. The molecule has 6 rings (SSSR count). The number of nitrogens with one attached hydrogen (secondary N) is 1. The zero-order valence-corrected chi connectivity index (χ0v) is 31.1. The number of hydrogen-bond donors (Lipinski definition) is 2. The Morgan fingerprint density at radius 3 is 2.19 bits per heavy atom. The molecule has 0 spiro atoms. The van der Waals surface area contributed by atoms with Gasteiger partial charge < -0.3 is 26.9 Å². The van der Waals surface area contributed by atoms with Gasteiger partial charge in [-0.25, -0.2) is 16.8 Å². The smallest absolute Gasteiger partial charge is 0.232 e. The monoisotopic (exact) mass is 709 g/mol. The summed E-state index contributed by atoms with van der Waals surface area (Å²) in [6.45, 7) is 8.61. The first-order chi connectivity index (χ1) is 21.8. The van der Waals surface area contributed by atoms with Crippen molar-refractivity contribution in [1.82, 2.24) is 0 Å². The summed E-state index contributed by atoms with van der Waals surface area (Å²) in [5, 5.41) is 12.5. The topological polar surface area (TPSA) is 104 Å². The van der Waals surface area contributed by atoms with Crippen LogP contribution >= 0.6 is 0 Å². The van der Waals surface area contributed by atoms with Gasteiger partial charge in [0.25, 0.3) is 0 Å². The highest BCUT2D eigenvalue weighted by atomic mass is 35.5. The summed E-state index contributed by atoms with van der Waals surface area (Å²) in [5.74, 6) is 0.202. The van der Waals surface area contributed by atoms with Crippen LogP contribution in [0.25, 0.3) is 0 Å². The highest BCUT2D eigenvalue weighted by molar-refractivity contribution is 7.92. The molecule has 2 N–H and O–H groups in total. The highest BCUT2D eigenvalue weighted by Gasteiger charge is 2.49. The maximum absolute atomic E-state index is 14.1. The van der Waals surface area contributed by atoms with Gasteiger partial charge in [-0.15, -0.1) is 0 Å². The molecule has 0 saturated carbocycles. The first-order valence-electron chi connectivity index (χ1n) is 17.5. The Bertz CT molecular complexity index is 1550. The third-order valence-corrected chi connectivity index (χ3v) is 14.6. The number of benzene rings is 2. The van der Waals surface area contributed by atoms with Crippen molar-refractivity contribution >= 4 is 31.2 Å². The lowest BCUT2D eigenvalue weighted by Gasteiger charge is -2.49. The normalized spacial score (nSPS) is 26.1. The SMILES string of the molecule is CCCCC1(CCCC)CS(=O)(=O)c2ccc(N(C)C)cc2[C@@H](c2cccc(NS(=O)(=O)CCC[N+]34CCC(CC3)CC4)c2)[C@H]1O.[Cl-]. The predicted octanol–water partition coefficient (Wildman–Crippen LogP) is 3.17. The van der Waals surface area contributed by atoms with E-state index in [1.807, 2.05) is 43.3 Å². The van der Waals surface area contributed by atoms with Crippen LogP contribution in [0.5, 0.6) is 0 Å². The Kier molecular flexibility index (Phi) is 12.4. The molecule has 4 heterocycles. The third-order valence-electron chi connectivity index (χ3n) is 11.3. The van der Waals surface area contributed by atoms with E-state index in [1.165, 1.54) is 38.9 Å². The number of piperidine rings is 3. The quantitative estimate of drug-likeness (QED) is 0.293. The van der Waals surface area contributed by atoms with Gasteiger partial charge in [0.2, 0.25) is 10.0 Å². The van der Waals surface area contributed by atoms with Crippen molar-refractivity contribution in [2.75, 3.05) is 61.4 Å². The van der Waals surface area contributed by atoms with Crippen molar-refractivity contribution in [2.24, 2.45) is 11.3 Å². The number of unbranched alkanes of at least 4 members (excludes halogenated alkanes) is 2. The van der Waals surface area contributed by atoms with Gasteiger partial charge in [0, 0.05) is 43.2 Å². The molecule has 2 bridgehead atoms. The van der Waals surface area contributed by atoms with Crippen molar-refractivity contribution in [3.63, 3.8) is 0 Å². The predicted molar refractivity (Wildman–Crippen MR) is 188 cm³/mol. The fourth-order valence-corrected chi connectivity index (χ4v) is 11.8. The van der Waals surface area contributed by atoms with Gasteiger partial charge in [-0.1, -0.05) is 51.7 Å². The first-order valence-corrected chi connectivity index (χ1v) is 20.8. The van der Waals surface area contributed by atoms with Crippen LogP contribution in [-0.4, -0.2) is 84.3 Å². The molecule has 2 aromatic rings. The molecule has 264 valence electrons. The van der Waals surface area contributed by atoms with Gasteiger partial charge in [-0.2, -0.15) is 0 Å². The largest absolute Gasteiger partial charge is 1.00 e. The minimum absolute atomic E-state index is 0. The number of sulfonamides is 1. The van der Waals surface area contributed by atoms with E-state index in [2.05, 4.69) is 18.6 Å². The molecule has 3 saturated heterocycles. The number of fused-ring (bicyclic) bond motifs is 4. The standard InChI is InChI=1S/C36H56N3O5S2.ClH/c1-5-7-18-36(19-8-6-2)27-45(41,42)33-14-13-31(38(3)4)26-32(33)34(35(36)40)29-11-9-12-30(25-29)37-46(43,44)24-10-20-39-21-15-28(16-22-39)17-23-39;/h9,11-14,25-26,28,34-35,37,40H,5-8,10,15-24,27H2,1-4H3;1H/q+1;/p-1/t28?,34-,35-,39?;/m1./s1. The third kappa shape index (κ3) is 8.48. The summed E-state index contributed by atoms with van der Waals surface area (Å²) in [4.78, 5) is 2.20. The van der Waals surface area contributed by atoms with Gasteiger partial charge in [0.15, 0.2) is 9.84 Å². The van der Waals surface area contributed by atoms with Gasteiger partial charge in [-0.05, 0) is 79.5 Å². The Labute approximate surface area is 290 Å². The lowest BCUT2D eigenvalue weighted by molar-refractivity contribution is -0.942. The molecule has 4 aliphatic heterocycles. The van der Waals surface area contributed by atoms with E-state index in [1.54, 1.807) is 18.2 Å². The summed E-state index contributed by atoms with van der Waals surface area (Å²) in [7, 11) is -3.48. The number of quaternary nitrogens is 1. The zero-order chi connectivity index (χ0) is 33.2. The first kappa shape index (κ1) is 38.0. The minimum Gasteiger partial charge on any atom is -1.00 e. The molecule has 0 aliphatic carbocycles. The van der Waals surface area contributed by atoms with Gasteiger partial charge >= 0.3 is 0 Å². The molecule has 4 aliphatic rings. The van der Waals surface area contributed by atoms with E-state index in [0.717, 1.165) is 48.3 Å². The molecule has 8 nitrogen and oxygen atoms in total. The minimum atomic E-state index is -3.72. The van der Waals surface area contributed by atoms with E-state index in [4.69, 9.17) is 0 Å². The molecule has 3 fully saturated rings. The van der Waals surface area contributed by atoms with Gasteiger partial charge in [0.05, 0.1) is 48.7 Å². The number of hydrogen-bond acceptors (Lipinski definition) is 6. The molecule has 0 unspecified atom stereocenters. The van der Waals surface area contributed by atoms with Crippen LogP contribution in [-0.2, 0) is 19.9 Å². The number of aliphatic hydroxyl groups excluding tert-OH is 1. The molecule has 2 aromatic carbocycles. The number of nitrogens with zero attached hydrogens (tertiary/aromatic N) is 2. The van der Waals surface area contributed by atoms with Crippen LogP contribution in [0.4, 0.5) is 11.4 Å². The zero-order valence-electron chi connectivity index (χ0n) is 28.8. The Balaban J connectivity index is 0.00000500. The summed E-state index contributed by atoms with van der Waals surface area (Å²) in [5.41, 5.74) is 1.77. The van der Waals surface area contributed by atoms with Crippen LogP contribution in [0.3, 0.4) is 0 Å². The van der Waals surface area contributed by atoms with Crippen molar-refractivity contribution in [3.05, 3.63) is 53.6 Å². The fourth-order valence-electron chi connectivity index (χ4n) is 8.48. The second kappa shape index (κ2) is 15.4. The number of halogens is 1. The maximum Gasteiger partial charge on any atom is 0.232 e. The van der Waals surface area contributed by atoms with Crippen LogP contribution in [0, 0.1) is 11.3 Å². The van der Waals surface area contributed by atoms with E-state index >= 15 is 0 Å². The fraction of sp³-hybridized carbons (Fsp3) is 0.667. The van der Waals surface area contributed by atoms with E-state index in [9.17, 15) is 21.9 Å². The molecule has 0 amide bonds. The molecular formula is C36H56ClN3O5S2. The van der Waals surface area contributed by atoms with E-state index < -0.39 is 37.3 Å². The highest BCUT2D eigenvalue weighted by Crippen LogP contribution is 2.50. The number of sulfone groups is 1. The second-order valence-electron chi connectivity index (χ2n) is 14.7. The lowest BCUT2D eigenvalue weighted by atomic mass is 9.68. The lowest BCUT2D eigenvalue weighted by Crippen LogP contribution is -3.00. The molecule has 2 atom stereocenters. The van der Waals surface area contributed by atoms with E-state index in [-0.39, 0.29) is 28.8 Å². The average molecular weight is 710 g/mol. The van der Waals surface area contributed by atoms with Crippen molar-refractivity contribution in [1.29, 1.82) is 0 Å². The summed E-state index contributed by atoms with van der Waals surface area (Å²) in [6, 6.07) is 12.7. The van der Waals surface area contributed by atoms with Crippen molar-refractivity contribution < 1.29 is 38.8 Å². The van der Waals surface area contributed by atoms with E-state index in [0.29, 0.717) is 36.1 Å². The van der Waals surface area contributed by atoms with Crippen molar-refractivity contribution in [3.8, 4) is 0 Å².